The molecule has 2 aromatic rings. The molecule has 0 aliphatic carbocycles. The van der Waals surface area contributed by atoms with Crippen molar-refractivity contribution in [1.29, 1.82) is 0 Å². The molecule has 2 N–H and O–H groups in total. The van der Waals surface area contributed by atoms with E-state index in [-0.39, 0.29) is 5.91 Å². The van der Waals surface area contributed by atoms with Crippen LogP contribution in [-0.4, -0.2) is 29.1 Å². The van der Waals surface area contributed by atoms with E-state index in [1.807, 2.05) is 25.1 Å². The van der Waals surface area contributed by atoms with Gasteiger partial charge in [-0.25, -0.2) is 0 Å². The third-order valence-corrected chi connectivity index (χ3v) is 3.03. The van der Waals surface area contributed by atoms with Gasteiger partial charge in [-0.15, -0.1) is 0 Å². The van der Waals surface area contributed by atoms with Crippen molar-refractivity contribution in [3.8, 4) is 0 Å². The van der Waals surface area contributed by atoms with Crippen molar-refractivity contribution in [1.82, 2.24) is 15.5 Å². The monoisotopic (exact) mass is 288 g/mol. The number of hydrogen-bond acceptors (Lipinski definition) is 5. The van der Waals surface area contributed by atoms with Gasteiger partial charge in [-0.05, 0) is 31.0 Å². The molecule has 0 saturated carbocycles. The number of rotatable bonds is 7. The molecule has 0 spiro atoms. The van der Waals surface area contributed by atoms with Gasteiger partial charge in [0.05, 0.1) is 5.56 Å². The molecular weight excluding hydrogens is 268 g/mol. The predicted molar refractivity (Wildman–Crippen MR) is 80.3 cm³/mol. The Kier molecular flexibility index (Phi) is 5.31. The fraction of sp³-hybridized carbons (Fsp3) is 0.400. The van der Waals surface area contributed by atoms with Crippen LogP contribution < -0.4 is 10.6 Å². The number of amides is 1. The molecule has 6 nitrogen and oxygen atoms in total. The smallest absolute Gasteiger partial charge is 0.253 e. The van der Waals surface area contributed by atoms with E-state index in [1.54, 1.807) is 0 Å². The Morgan fingerprint density at radius 1 is 1.33 bits per heavy atom. The first-order valence-corrected chi connectivity index (χ1v) is 7.08. The zero-order chi connectivity index (χ0) is 15.1. The SMILES string of the molecule is CCCNc1cc(C)ccc1C(=O)NCCc1ncon1. The molecule has 0 bridgehead atoms. The lowest BCUT2D eigenvalue weighted by Crippen LogP contribution is -2.27. The average Bonchev–Trinajstić information content (AvgIpc) is 2.98. The highest BCUT2D eigenvalue weighted by molar-refractivity contribution is 5.99. The number of nitrogens with zero attached hydrogens (tertiary/aromatic N) is 2. The van der Waals surface area contributed by atoms with Crippen LogP contribution in [0.5, 0.6) is 0 Å². The highest BCUT2D eigenvalue weighted by Gasteiger charge is 2.11. The summed E-state index contributed by atoms with van der Waals surface area (Å²) in [5, 5.41) is 9.87. The lowest BCUT2D eigenvalue weighted by Gasteiger charge is -2.12. The van der Waals surface area contributed by atoms with Gasteiger partial charge < -0.3 is 15.2 Å². The van der Waals surface area contributed by atoms with E-state index >= 15 is 0 Å². The minimum atomic E-state index is -0.0999. The highest BCUT2D eigenvalue weighted by Crippen LogP contribution is 2.17. The van der Waals surface area contributed by atoms with Crippen molar-refractivity contribution in [3.05, 3.63) is 41.5 Å². The number of carbonyl (C=O) groups excluding carboxylic acids is 1. The molecule has 6 heteroatoms. The average molecular weight is 288 g/mol. The van der Waals surface area contributed by atoms with Crippen molar-refractivity contribution in [2.75, 3.05) is 18.4 Å². The summed E-state index contributed by atoms with van der Waals surface area (Å²) in [5.74, 6) is 0.487. The Labute approximate surface area is 123 Å². The van der Waals surface area contributed by atoms with Crippen LogP contribution in [-0.2, 0) is 6.42 Å². The zero-order valence-corrected chi connectivity index (χ0v) is 12.3. The summed E-state index contributed by atoms with van der Waals surface area (Å²) < 4.78 is 4.65. The summed E-state index contributed by atoms with van der Waals surface area (Å²) in [7, 11) is 0. The van der Waals surface area contributed by atoms with Gasteiger partial charge in [-0.1, -0.05) is 18.1 Å². The third-order valence-electron chi connectivity index (χ3n) is 3.03. The minimum Gasteiger partial charge on any atom is -0.384 e. The molecule has 1 aromatic carbocycles. The second-order valence-corrected chi connectivity index (χ2v) is 4.83. The molecular formula is C15H20N4O2. The molecule has 0 unspecified atom stereocenters. The molecule has 1 amide bonds. The summed E-state index contributed by atoms with van der Waals surface area (Å²) in [6.45, 7) is 5.41. The lowest BCUT2D eigenvalue weighted by molar-refractivity contribution is 0.0954. The summed E-state index contributed by atoms with van der Waals surface area (Å²) in [6, 6.07) is 5.77. The van der Waals surface area contributed by atoms with Crippen LogP contribution in [0.15, 0.2) is 29.1 Å². The van der Waals surface area contributed by atoms with E-state index in [9.17, 15) is 4.79 Å². The van der Waals surface area contributed by atoms with Crippen molar-refractivity contribution >= 4 is 11.6 Å². The first kappa shape index (κ1) is 15.0. The fourth-order valence-electron chi connectivity index (χ4n) is 1.95. The van der Waals surface area contributed by atoms with Gasteiger partial charge in [0.25, 0.3) is 5.91 Å². The van der Waals surface area contributed by atoms with Crippen molar-refractivity contribution in [3.63, 3.8) is 0 Å². The molecule has 2 rings (SSSR count). The first-order valence-electron chi connectivity index (χ1n) is 7.08. The molecule has 21 heavy (non-hydrogen) atoms. The molecule has 112 valence electrons. The number of anilines is 1. The maximum atomic E-state index is 12.3. The van der Waals surface area contributed by atoms with E-state index in [0.29, 0.717) is 24.4 Å². The summed E-state index contributed by atoms with van der Waals surface area (Å²) in [5.41, 5.74) is 2.65. The zero-order valence-electron chi connectivity index (χ0n) is 12.3. The van der Waals surface area contributed by atoms with Crippen LogP contribution in [0.25, 0.3) is 0 Å². The van der Waals surface area contributed by atoms with Crippen molar-refractivity contribution < 1.29 is 9.32 Å². The van der Waals surface area contributed by atoms with E-state index in [4.69, 9.17) is 0 Å². The van der Waals surface area contributed by atoms with Crippen LogP contribution in [0, 0.1) is 6.92 Å². The molecule has 0 aliphatic heterocycles. The van der Waals surface area contributed by atoms with Gasteiger partial charge in [0, 0.05) is 25.2 Å². The van der Waals surface area contributed by atoms with Gasteiger partial charge in [-0.3, -0.25) is 4.79 Å². The topological polar surface area (TPSA) is 80.0 Å². The summed E-state index contributed by atoms with van der Waals surface area (Å²) in [6.07, 6.45) is 2.84. The standard InChI is InChI=1S/C15H20N4O2/c1-3-7-16-13-9-11(2)4-5-12(13)15(20)17-8-6-14-18-10-21-19-14/h4-5,9-10,16H,3,6-8H2,1-2H3,(H,17,20). The normalized spacial score (nSPS) is 10.4. The maximum absolute atomic E-state index is 12.3. The summed E-state index contributed by atoms with van der Waals surface area (Å²) >= 11 is 0. The van der Waals surface area contributed by atoms with Crippen LogP contribution in [0.4, 0.5) is 5.69 Å². The number of hydrogen-bond donors (Lipinski definition) is 2. The molecule has 0 saturated heterocycles. The second-order valence-electron chi connectivity index (χ2n) is 4.83. The number of nitrogens with one attached hydrogen (secondary N) is 2. The molecule has 0 fully saturated rings. The largest absolute Gasteiger partial charge is 0.384 e. The van der Waals surface area contributed by atoms with Gasteiger partial charge in [-0.2, -0.15) is 4.98 Å². The van der Waals surface area contributed by atoms with Gasteiger partial charge >= 0.3 is 0 Å². The van der Waals surface area contributed by atoms with E-state index < -0.39 is 0 Å². The third kappa shape index (κ3) is 4.30. The molecule has 1 heterocycles. The highest BCUT2D eigenvalue weighted by atomic mass is 16.5. The Bertz CT molecular complexity index is 581. The quantitative estimate of drug-likeness (QED) is 0.816. The van der Waals surface area contributed by atoms with Gasteiger partial charge in [0.2, 0.25) is 6.39 Å². The van der Waals surface area contributed by atoms with Gasteiger partial charge in [0.1, 0.15) is 0 Å². The first-order chi connectivity index (χ1) is 10.2. The minimum absolute atomic E-state index is 0.0999. The molecule has 0 aliphatic rings. The predicted octanol–water partition coefficient (Wildman–Crippen LogP) is 2.17. The van der Waals surface area contributed by atoms with E-state index in [2.05, 4.69) is 32.2 Å². The Balaban J connectivity index is 1.97. The Morgan fingerprint density at radius 3 is 2.90 bits per heavy atom. The maximum Gasteiger partial charge on any atom is 0.253 e. The van der Waals surface area contributed by atoms with E-state index in [1.165, 1.54) is 6.39 Å². The number of aromatic nitrogens is 2. The Hall–Kier alpha value is -2.37. The number of benzene rings is 1. The fourth-order valence-corrected chi connectivity index (χ4v) is 1.95. The molecule has 0 radical (unpaired) electrons. The molecule has 1 aromatic heterocycles. The van der Waals surface area contributed by atoms with Crippen LogP contribution in [0.3, 0.4) is 0 Å². The van der Waals surface area contributed by atoms with Crippen LogP contribution >= 0.6 is 0 Å². The number of aryl methyl sites for hydroxylation is 1. The number of carbonyl (C=O) groups is 1. The summed E-state index contributed by atoms with van der Waals surface area (Å²) in [4.78, 5) is 16.2. The lowest BCUT2D eigenvalue weighted by atomic mass is 10.1. The Morgan fingerprint density at radius 2 is 2.19 bits per heavy atom. The molecule has 0 atom stereocenters. The van der Waals surface area contributed by atoms with Crippen molar-refractivity contribution in [2.24, 2.45) is 0 Å². The second kappa shape index (κ2) is 7.42. The van der Waals surface area contributed by atoms with Crippen molar-refractivity contribution in [2.45, 2.75) is 26.7 Å². The van der Waals surface area contributed by atoms with E-state index in [0.717, 1.165) is 24.2 Å². The van der Waals surface area contributed by atoms with Crippen LogP contribution in [0.1, 0.15) is 35.1 Å². The van der Waals surface area contributed by atoms with Crippen LogP contribution in [0.2, 0.25) is 0 Å². The van der Waals surface area contributed by atoms with Gasteiger partial charge in [0.15, 0.2) is 5.82 Å².